The van der Waals surface area contributed by atoms with Crippen LogP contribution in [0.4, 0.5) is 0 Å². The molecule has 1 aromatic rings. The minimum Gasteiger partial charge on any atom is -0.393 e. The number of nitrogens with one attached hydrogen (secondary N) is 1. The van der Waals surface area contributed by atoms with Crippen molar-refractivity contribution in [3.05, 3.63) is 22.7 Å². The summed E-state index contributed by atoms with van der Waals surface area (Å²) in [4.78, 5) is 20.3. The number of aromatic nitrogens is 2. The number of carbonyl (C=O) groups is 1. The van der Waals surface area contributed by atoms with Crippen LogP contribution >= 0.6 is 11.6 Å². The van der Waals surface area contributed by atoms with Crippen LogP contribution in [0.1, 0.15) is 48.9 Å². The highest BCUT2D eigenvalue weighted by molar-refractivity contribution is 6.33. The Labute approximate surface area is 111 Å². The maximum atomic E-state index is 12.0. The molecule has 1 heterocycles. The molecule has 1 saturated carbocycles. The van der Waals surface area contributed by atoms with E-state index in [9.17, 15) is 9.90 Å². The van der Waals surface area contributed by atoms with E-state index in [4.69, 9.17) is 11.6 Å². The van der Waals surface area contributed by atoms with Gasteiger partial charge in [-0.3, -0.25) is 4.79 Å². The number of aliphatic hydroxyl groups is 1. The highest BCUT2D eigenvalue weighted by atomic mass is 35.5. The first-order chi connectivity index (χ1) is 8.47. The zero-order valence-corrected chi connectivity index (χ0v) is 11.1. The minimum atomic E-state index is -0.304. The fourth-order valence-electron chi connectivity index (χ4n) is 1.78. The van der Waals surface area contributed by atoms with Crippen LogP contribution in [0.3, 0.4) is 0 Å². The first-order valence-corrected chi connectivity index (χ1v) is 6.36. The molecule has 2 rings (SSSR count). The van der Waals surface area contributed by atoms with Gasteiger partial charge in [0.25, 0.3) is 5.91 Å². The van der Waals surface area contributed by atoms with Gasteiger partial charge < -0.3 is 10.4 Å². The largest absolute Gasteiger partial charge is 0.393 e. The predicted octanol–water partition coefficient (Wildman–Crippen LogP) is 1.51. The minimum absolute atomic E-state index is 0.0148. The van der Waals surface area contributed by atoms with Crippen LogP contribution in [0.2, 0.25) is 5.02 Å². The third-order valence-corrected chi connectivity index (χ3v) is 3.22. The Kier molecular flexibility index (Phi) is 3.82. The van der Waals surface area contributed by atoms with Crippen LogP contribution in [0.25, 0.3) is 0 Å². The Hall–Kier alpha value is -1.20. The van der Waals surface area contributed by atoms with E-state index >= 15 is 0 Å². The molecule has 6 heteroatoms. The van der Waals surface area contributed by atoms with Crippen molar-refractivity contribution in [2.75, 3.05) is 0 Å². The van der Waals surface area contributed by atoms with Crippen molar-refractivity contribution in [3.8, 4) is 0 Å². The predicted molar refractivity (Wildman–Crippen MR) is 67.6 cm³/mol. The van der Waals surface area contributed by atoms with E-state index in [-0.39, 0.29) is 34.7 Å². The Morgan fingerprint density at radius 2 is 2.22 bits per heavy atom. The summed E-state index contributed by atoms with van der Waals surface area (Å²) >= 11 is 5.93. The molecule has 1 amide bonds. The lowest BCUT2D eigenvalue weighted by Gasteiger charge is -2.31. The summed E-state index contributed by atoms with van der Waals surface area (Å²) in [5.41, 5.74) is 0.205. The maximum absolute atomic E-state index is 12.0. The summed E-state index contributed by atoms with van der Waals surface area (Å²) in [6.45, 7) is 3.90. The lowest BCUT2D eigenvalue weighted by atomic mass is 9.89. The van der Waals surface area contributed by atoms with E-state index in [2.05, 4.69) is 15.3 Å². The summed E-state index contributed by atoms with van der Waals surface area (Å²) in [5, 5.41) is 12.2. The van der Waals surface area contributed by atoms with Crippen LogP contribution in [-0.4, -0.2) is 33.1 Å². The lowest BCUT2D eigenvalue weighted by Crippen LogP contribution is -2.47. The summed E-state index contributed by atoms with van der Waals surface area (Å²) in [7, 11) is 0. The molecule has 1 aliphatic rings. The van der Waals surface area contributed by atoms with Gasteiger partial charge in [0, 0.05) is 12.0 Å². The molecule has 0 bridgehead atoms. The van der Waals surface area contributed by atoms with Gasteiger partial charge in [0.15, 0.2) is 0 Å². The van der Waals surface area contributed by atoms with Crippen molar-refractivity contribution in [2.45, 2.75) is 44.8 Å². The molecule has 0 atom stereocenters. The third kappa shape index (κ3) is 2.79. The Balaban J connectivity index is 2.11. The molecule has 0 aliphatic heterocycles. The van der Waals surface area contributed by atoms with E-state index in [1.807, 2.05) is 13.8 Å². The van der Waals surface area contributed by atoms with E-state index in [1.165, 1.54) is 6.20 Å². The highest BCUT2D eigenvalue weighted by Crippen LogP contribution is 2.21. The summed E-state index contributed by atoms with van der Waals surface area (Å²) in [5.74, 6) is 0.429. The Morgan fingerprint density at radius 1 is 1.56 bits per heavy atom. The fraction of sp³-hybridized carbons (Fsp3) is 0.583. The van der Waals surface area contributed by atoms with E-state index in [0.29, 0.717) is 18.7 Å². The lowest BCUT2D eigenvalue weighted by molar-refractivity contribution is 0.0560. The van der Waals surface area contributed by atoms with Gasteiger partial charge in [-0.05, 0) is 12.8 Å². The number of nitrogens with zero attached hydrogens (tertiary/aromatic N) is 2. The number of carbonyl (C=O) groups excluding carboxylic acids is 1. The van der Waals surface area contributed by atoms with Crippen molar-refractivity contribution in [1.82, 2.24) is 15.3 Å². The van der Waals surface area contributed by atoms with E-state index in [0.717, 1.165) is 0 Å². The number of hydrogen-bond donors (Lipinski definition) is 2. The molecule has 98 valence electrons. The average Bonchev–Trinajstić information content (AvgIpc) is 2.27. The van der Waals surface area contributed by atoms with Gasteiger partial charge in [-0.1, -0.05) is 25.4 Å². The number of aliphatic hydroxyl groups excluding tert-OH is 1. The molecule has 18 heavy (non-hydrogen) atoms. The van der Waals surface area contributed by atoms with Gasteiger partial charge in [-0.25, -0.2) is 9.97 Å². The van der Waals surface area contributed by atoms with Crippen molar-refractivity contribution in [1.29, 1.82) is 0 Å². The van der Waals surface area contributed by atoms with Gasteiger partial charge in [0.2, 0.25) is 0 Å². The monoisotopic (exact) mass is 269 g/mol. The third-order valence-electron chi connectivity index (χ3n) is 2.94. The second-order valence-electron chi connectivity index (χ2n) is 4.88. The van der Waals surface area contributed by atoms with Crippen molar-refractivity contribution in [3.63, 3.8) is 0 Å². The zero-order valence-electron chi connectivity index (χ0n) is 10.4. The van der Waals surface area contributed by atoms with E-state index < -0.39 is 0 Å². The Bertz CT molecular complexity index is 459. The maximum Gasteiger partial charge on any atom is 0.271 e. The van der Waals surface area contributed by atoms with Crippen LogP contribution in [-0.2, 0) is 0 Å². The molecular weight excluding hydrogens is 254 g/mol. The van der Waals surface area contributed by atoms with Crippen LogP contribution in [0.15, 0.2) is 6.20 Å². The average molecular weight is 270 g/mol. The second kappa shape index (κ2) is 5.20. The molecule has 1 aromatic heterocycles. The van der Waals surface area contributed by atoms with Gasteiger partial charge in [0.05, 0.1) is 17.3 Å². The molecule has 0 unspecified atom stereocenters. The number of hydrogen-bond acceptors (Lipinski definition) is 4. The number of amides is 1. The molecular formula is C12H16ClN3O2. The fourth-order valence-corrected chi connectivity index (χ4v) is 1.95. The topological polar surface area (TPSA) is 75.1 Å². The van der Waals surface area contributed by atoms with Gasteiger partial charge in [0.1, 0.15) is 11.5 Å². The number of halogens is 1. The van der Waals surface area contributed by atoms with Gasteiger partial charge in [-0.15, -0.1) is 0 Å². The quantitative estimate of drug-likeness (QED) is 0.872. The standard InChI is InChI=1S/C12H16ClN3O2/c1-6(2)11-14-5-9(13)10(16-11)12(18)15-7-3-8(17)4-7/h5-8,17H,3-4H2,1-2H3,(H,15,18). The molecule has 2 N–H and O–H groups in total. The van der Waals surface area contributed by atoms with Crippen LogP contribution in [0, 0.1) is 0 Å². The summed E-state index contributed by atoms with van der Waals surface area (Å²) in [6, 6.07) is 0.0148. The summed E-state index contributed by atoms with van der Waals surface area (Å²) in [6.07, 6.45) is 2.33. The van der Waals surface area contributed by atoms with E-state index in [1.54, 1.807) is 0 Å². The molecule has 0 aromatic carbocycles. The smallest absolute Gasteiger partial charge is 0.271 e. The number of rotatable bonds is 3. The van der Waals surface area contributed by atoms with Gasteiger partial charge >= 0.3 is 0 Å². The van der Waals surface area contributed by atoms with Crippen LogP contribution in [0.5, 0.6) is 0 Å². The normalized spacial score (nSPS) is 22.7. The van der Waals surface area contributed by atoms with Crippen molar-refractivity contribution < 1.29 is 9.90 Å². The SMILES string of the molecule is CC(C)c1ncc(Cl)c(C(=O)NC2CC(O)C2)n1. The molecule has 0 radical (unpaired) electrons. The first kappa shape index (κ1) is 13.2. The molecule has 0 saturated heterocycles. The first-order valence-electron chi connectivity index (χ1n) is 5.98. The molecule has 1 fully saturated rings. The molecule has 1 aliphatic carbocycles. The molecule has 0 spiro atoms. The van der Waals surface area contributed by atoms with Gasteiger partial charge in [-0.2, -0.15) is 0 Å². The van der Waals surface area contributed by atoms with Crippen LogP contribution < -0.4 is 5.32 Å². The highest BCUT2D eigenvalue weighted by Gasteiger charge is 2.29. The zero-order chi connectivity index (χ0) is 13.3. The van der Waals surface area contributed by atoms with Crippen molar-refractivity contribution >= 4 is 17.5 Å². The second-order valence-corrected chi connectivity index (χ2v) is 5.28. The molecule has 5 nitrogen and oxygen atoms in total. The Morgan fingerprint density at radius 3 is 2.78 bits per heavy atom. The summed E-state index contributed by atoms with van der Waals surface area (Å²) < 4.78 is 0. The van der Waals surface area contributed by atoms with Crippen molar-refractivity contribution in [2.24, 2.45) is 0 Å².